The zero-order valence-electron chi connectivity index (χ0n) is 11.2. The fourth-order valence-corrected chi connectivity index (χ4v) is 2.22. The highest BCUT2D eigenvalue weighted by atomic mass is 19.1. The molecular formula is C14H20FN3O. The highest BCUT2D eigenvalue weighted by molar-refractivity contribution is 5.78. The van der Waals surface area contributed by atoms with Crippen LogP contribution in [-0.4, -0.2) is 43.5 Å². The highest BCUT2D eigenvalue weighted by Gasteiger charge is 2.15. The zero-order valence-corrected chi connectivity index (χ0v) is 11.2. The Balaban J connectivity index is 1.84. The summed E-state index contributed by atoms with van der Waals surface area (Å²) in [5.74, 6) is -0.292. The molecule has 0 unspecified atom stereocenters. The van der Waals surface area contributed by atoms with Crippen molar-refractivity contribution in [2.24, 2.45) is 0 Å². The van der Waals surface area contributed by atoms with Gasteiger partial charge in [0, 0.05) is 26.2 Å². The van der Waals surface area contributed by atoms with E-state index < -0.39 is 0 Å². The SMILES string of the molecule is C[C@H](NC(=O)CN1CCNCC1)c1cccc(F)c1. The van der Waals surface area contributed by atoms with Crippen molar-refractivity contribution in [3.05, 3.63) is 35.6 Å². The summed E-state index contributed by atoms with van der Waals surface area (Å²) in [6, 6.07) is 6.16. The first kappa shape index (κ1) is 14.0. The molecule has 1 aliphatic rings. The second kappa shape index (κ2) is 6.63. The molecule has 2 N–H and O–H groups in total. The monoisotopic (exact) mass is 265 g/mol. The van der Waals surface area contributed by atoms with Gasteiger partial charge in [0.05, 0.1) is 12.6 Å². The molecule has 0 aliphatic carbocycles. The minimum absolute atomic E-state index is 0.0151. The number of nitrogens with one attached hydrogen (secondary N) is 2. The Kier molecular flexibility index (Phi) is 4.87. The van der Waals surface area contributed by atoms with Crippen LogP contribution < -0.4 is 10.6 Å². The van der Waals surface area contributed by atoms with E-state index >= 15 is 0 Å². The predicted octanol–water partition coefficient (Wildman–Crippen LogP) is 0.908. The third kappa shape index (κ3) is 4.29. The largest absolute Gasteiger partial charge is 0.348 e. The number of carbonyl (C=O) groups is 1. The number of hydrogen-bond acceptors (Lipinski definition) is 3. The molecule has 0 radical (unpaired) electrons. The number of piperazine rings is 1. The first-order chi connectivity index (χ1) is 9.15. The Labute approximate surface area is 113 Å². The van der Waals surface area contributed by atoms with Crippen LogP contribution >= 0.6 is 0 Å². The van der Waals surface area contributed by atoms with Crippen molar-refractivity contribution in [1.82, 2.24) is 15.5 Å². The van der Waals surface area contributed by atoms with E-state index in [1.807, 2.05) is 13.0 Å². The van der Waals surface area contributed by atoms with Crippen LogP contribution in [0.3, 0.4) is 0 Å². The van der Waals surface area contributed by atoms with E-state index in [4.69, 9.17) is 0 Å². The fraction of sp³-hybridized carbons (Fsp3) is 0.500. The van der Waals surface area contributed by atoms with Crippen LogP contribution in [0.5, 0.6) is 0 Å². The summed E-state index contributed by atoms with van der Waals surface area (Å²) in [4.78, 5) is 14.0. The van der Waals surface area contributed by atoms with Crippen molar-refractivity contribution in [1.29, 1.82) is 0 Å². The number of halogens is 1. The van der Waals surface area contributed by atoms with Crippen LogP contribution in [0.4, 0.5) is 4.39 Å². The minimum atomic E-state index is -0.277. The van der Waals surface area contributed by atoms with Gasteiger partial charge in [-0.3, -0.25) is 9.69 Å². The van der Waals surface area contributed by atoms with Crippen molar-refractivity contribution >= 4 is 5.91 Å². The molecule has 1 amide bonds. The van der Waals surface area contributed by atoms with Gasteiger partial charge >= 0.3 is 0 Å². The molecule has 104 valence electrons. The number of hydrogen-bond donors (Lipinski definition) is 2. The first-order valence-corrected chi connectivity index (χ1v) is 6.63. The molecule has 0 aromatic heterocycles. The number of amides is 1. The molecular weight excluding hydrogens is 245 g/mol. The zero-order chi connectivity index (χ0) is 13.7. The van der Waals surface area contributed by atoms with Gasteiger partial charge in [-0.1, -0.05) is 12.1 Å². The quantitative estimate of drug-likeness (QED) is 0.850. The molecule has 0 spiro atoms. The van der Waals surface area contributed by atoms with Gasteiger partial charge < -0.3 is 10.6 Å². The van der Waals surface area contributed by atoms with E-state index in [0.717, 1.165) is 31.7 Å². The van der Waals surface area contributed by atoms with Gasteiger partial charge in [0.1, 0.15) is 5.82 Å². The maximum absolute atomic E-state index is 13.1. The summed E-state index contributed by atoms with van der Waals surface area (Å²) in [6.07, 6.45) is 0. The van der Waals surface area contributed by atoms with Crippen LogP contribution in [0.15, 0.2) is 24.3 Å². The van der Waals surface area contributed by atoms with Gasteiger partial charge in [-0.25, -0.2) is 4.39 Å². The predicted molar refractivity (Wildman–Crippen MR) is 72.3 cm³/mol. The lowest BCUT2D eigenvalue weighted by atomic mass is 10.1. The van der Waals surface area contributed by atoms with Crippen LogP contribution in [-0.2, 0) is 4.79 Å². The minimum Gasteiger partial charge on any atom is -0.348 e. The molecule has 5 heteroatoms. The lowest BCUT2D eigenvalue weighted by Crippen LogP contribution is -2.47. The molecule has 4 nitrogen and oxygen atoms in total. The number of carbonyl (C=O) groups excluding carboxylic acids is 1. The van der Waals surface area contributed by atoms with Crippen LogP contribution in [0, 0.1) is 5.82 Å². The number of nitrogens with zero attached hydrogens (tertiary/aromatic N) is 1. The van der Waals surface area contributed by atoms with Crippen LogP contribution in [0.2, 0.25) is 0 Å². The van der Waals surface area contributed by atoms with Crippen molar-refractivity contribution in [3.8, 4) is 0 Å². The van der Waals surface area contributed by atoms with Gasteiger partial charge in [-0.05, 0) is 24.6 Å². The summed E-state index contributed by atoms with van der Waals surface area (Å²) >= 11 is 0. The van der Waals surface area contributed by atoms with Gasteiger partial charge in [0.25, 0.3) is 0 Å². The molecule has 19 heavy (non-hydrogen) atoms. The smallest absolute Gasteiger partial charge is 0.234 e. The Morgan fingerprint density at radius 1 is 1.47 bits per heavy atom. The summed E-state index contributed by atoms with van der Waals surface area (Å²) in [6.45, 7) is 5.90. The second-order valence-corrected chi connectivity index (χ2v) is 4.87. The van der Waals surface area contributed by atoms with Crippen molar-refractivity contribution < 1.29 is 9.18 Å². The van der Waals surface area contributed by atoms with E-state index in [1.165, 1.54) is 12.1 Å². The number of rotatable bonds is 4. The topological polar surface area (TPSA) is 44.4 Å². The van der Waals surface area contributed by atoms with Gasteiger partial charge in [-0.15, -0.1) is 0 Å². The summed E-state index contributed by atoms with van der Waals surface area (Å²) in [5.41, 5.74) is 0.786. The Bertz CT molecular complexity index is 432. The highest BCUT2D eigenvalue weighted by Crippen LogP contribution is 2.13. The molecule has 2 rings (SSSR count). The number of benzene rings is 1. The first-order valence-electron chi connectivity index (χ1n) is 6.63. The molecule has 1 aromatic carbocycles. The summed E-state index contributed by atoms with van der Waals surface area (Å²) in [5, 5.41) is 6.15. The molecule has 1 atom stereocenters. The third-order valence-electron chi connectivity index (χ3n) is 3.30. The molecule has 0 saturated carbocycles. The summed E-state index contributed by atoms with van der Waals surface area (Å²) in [7, 11) is 0. The third-order valence-corrected chi connectivity index (χ3v) is 3.30. The van der Waals surface area contributed by atoms with E-state index in [9.17, 15) is 9.18 Å². The standard InChI is InChI=1S/C14H20FN3O/c1-11(12-3-2-4-13(15)9-12)17-14(19)10-18-7-5-16-6-8-18/h2-4,9,11,16H,5-8,10H2,1H3,(H,17,19)/t11-/m0/s1. The second-order valence-electron chi connectivity index (χ2n) is 4.87. The van der Waals surface area contributed by atoms with Crippen LogP contribution in [0.1, 0.15) is 18.5 Å². The Hall–Kier alpha value is -1.46. The van der Waals surface area contributed by atoms with Crippen molar-refractivity contribution in [3.63, 3.8) is 0 Å². The molecule has 1 saturated heterocycles. The van der Waals surface area contributed by atoms with Gasteiger partial charge in [0.15, 0.2) is 0 Å². The lowest BCUT2D eigenvalue weighted by Gasteiger charge is -2.27. The van der Waals surface area contributed by atoms with E-state index in [2.05, 4.69) is 15.5 Å². The fourth-order valence-electron chi connectivity index (χ4n) is 2.22. The van der Waals surface area contributed by atoms with Gasteiger partial charge in [0.2, 0.25) is 5.91 Å². The van der Waals surface area contributed by atoms with Crippen LogP contribution in [0.25, 0.3) is 0 Å². The maximum atomic E-state index is 13.1. The molecule has 1 heterocycles. The van der Waals surface area contributed by atoms with Crippen molar-refractivity contribution in [2.75, 3.05) is 32.7 Å². The van der Waals surface area contributed by atoms with Crippen molar-refractivity contribution in [2.45, 2.75) is 13.0 Å². The summed E-state index contributed by atoms with van der Waals surface area (Å²) < 4.78 is 13.1. The Morgan fingerprint density at radius 3 is 2.89 bits per heavy atom. The molecule has 1 fully saturated rings. The maximum Gasteiger partial charge on any atom is 0.234 e. The molecule has 1 aliphatic heterocycles. The molecule has 1 aromatic rings. The van der Waals surface area contributed by atoms with E-state index in [0.29, 0.717) is 6.54 Å². The van der Waals surface area contributed by atoms with Gasteiger partial charge in [-0.2, -0.15) is 0 Å². The Morgan fingerprint density at radius 2 is 2.21 bits per heavy atom. The molecule has 0 bridgehead atoms. The lowest BCUT2D eigenvalue weighted by molar-refractivity contribution is -0.123. The van der Waals surface area contributed by atoms with E-state index in [1.54, 1.807) is 6.07 Å². The normalized spacial score (nSPS) is 18.0. The van der Waals surface area contributed by atoms with E-state index in [-0.39, 0.29) is 17.8 Å². The average molecular weight is 265 g/mol. The average Bonchev–Trinajstić information content (AvgIpc) is 2.39.